The number of nitro benzene ring substituents is 1. The Hall–Kier alpha value is -1.50. The lowest BCUT2D eigenvalue weighted by atomic mass is 10.2. The smallest absolute Gasteiger partial charge is 0.319 e. The van der Waals surface area contributed by atoms with E-state index in [1.54, 1.807) is 0 Å². The molecule has 1 amide bonds. The van der Waals surface area contributed by atoms with Crippen molar-refractivity contribution in [2.24, 2.45) is 5.73 Å². The number of nitro groups is 1. The minimum atomic E-state index is -1.02. The van der Waals surface area contributed by atoms with E-state index in [2.05, 4.69) is 15.9 Å². The van der Waals surface area contributed by atoms with Gasteiger partial charge in [-0.15, -0.1) is 0 Å². The molecule has 0 atom stereocenters. The van der Waals surface area contributed by atoms with Crippen molar-refractivity contribution in [3.8, 4) is 0 Å². The second kappa shape index (κ2) is 3.70. The summed E-state index contributed by atoms with van der Waals surface area (Å²) in [5.41, 5.74) is 4.00. The topological polar surface area (TPSA) is 86.2 Å². The van der Waals surface area contributed by atoms with Gasteiger partial charge in [-0.3, -0.25) is 14.9 Å². The van der Waals surface area contributed by atoms with Gasteiger partial charge >= 0.3 is 5.69 Å². The van der Waals surface area contributed by atoms with Crippen molar-refractivity contribution in [1.29, 1.82) is 0 Å². The summed E-state index contributed by atoms with van der Waals surface area (Å²) in [7, 11) is 0. The Labute approximate surface area is 86.0 Å². The van der Waals surface area contributed by atoms with Gasteiger partial charge < -0.3 is 5.73 Å². The lowest BCUT2D eigenvalue weighted by molar-refractivity contribution is -0.388. The van der Waals surface area contributed by atoms with Gasteiger partial charge in [0.2, 0.25) is 11.7 Å². The van der Waals surface area contributed by atoms with Gasteiger partial charge in [0.05, 0.1) is 10.5 Å². The molecule has 0 heterocycles. The number of carbonyl (C=O) groups is 1. The number of amides is 1. The van der Waals surface area contributed by atoms with E-state index in [1.807, 2.05) is 0 Å². The zero-order valence-electron chi connectivity index (χ0n) is 6.66. The Kier molecular flexibility index (Phi) is 2.80. The average molecular weight is 263 g/mol. The van der Waals surface area contributed by atoms with Crippen LogP contribution >= 0.6 is 15.9 Å². The van der Waals surface area contributed by atoms with Crippen LogP contribution in [0.4, 0.5) is 10.1 Å². The van der Waals surface area contributed by atoms with Gasteiger partial charge in [-0.05, 0) is 28.1 Å². The number of hydrogen-bond donors (Lipinski definition) is 1. The SMILES string of the molecule is NC(=O)c1ccc(F)c([N+](=O)[O-])c1Br. The zero-order valence-corrected chi connectivity index (χ0v) is 8.25. The number of benzene rings is 1. The molecule has 14 heavy (non-hydrogen) atoms. The molecule has 1 aromatic carbocycles. The molecule has 0 bridgehead atoms. The summed E-state index contributed by atoms with van der Waals surface area (Å²) >= 11 is 2.75. The summed E-state index contributed by atoms with van der Waals surface area (Å²) in [5, 5.41) is 10.4. The molecule has 0 fully saturated rings. The maximum atomic E-state index is 12.9. The van der Waals surface area contributed by atoms with Crippen LogP contribution in [0.15, 0.2) is 16.6 Å². The van der Waals surface area contributed by atoms with Crippen molar-refractivity contribution >= 4 is 27.5 Å². The Morgan fingerprint density at radius 1 is 1.57 bits per heavy atom. The number of nitrogens with two attached hydrogens (primary N) is 1. The van der Waals surface area contributed by atoms with Gasteiger partial charge in [-0.1, -0.05) is 0 Å². The van der Waals surface area contributed by atoms with Crippen molar-refractivity contribution in [3.05, 3.63) is 38.1 Å². The maximum absolute atomic E-state index is 12.9. The molecule has 0 saturated heterocycles. The van der Waals surface area contributed by atoms with Gasteiger partial charge in [-0.2, -0.15) is 4.39 Å². The van der Waals surface area contributed by atoms with E-state index in [0.29, 0.717) is 0 Å². The van der Waals surface area contributed by atoms with E-state index in [-0.39, 0.29) is 10.0 Å². The van der Waals surface area contributed by atoms with E-state index in [4.69, 9.17) is 5.73 Å². The van der Waals surface area contributed by atoms with Crippen molar-refractivity contribution in [1.82, 2.24) is 0 Å². The highest BCUT2D eigenvalue weighted by atomic mass is 79.9. The first-order chi connectivity index (χ1) is 6.45. The fourth-order valence-electron chi connectivity index (χ4n) is 0.899. The number of carbonyl (C=O) groups excluding carboxylic acids is 1. The third-order valence-corrected chi connectivity index (χ3v) is 2.32. The van der Waals surface area contributed by atoms with E-state index in [1.165, 1.54) is 0 Å². The van der Waals surface area contributed by atoms with Gasteiger partial charge in [-0.25, -0.2) is 0 Å². The Bertz CT molecular complexity index is 422. The first-order valence-electron chi connectivity index (χ1n) is 3.37. The number of halogens is 2. The lowest BCUT2D eigenvalue weighted by Crippen LogP contribution is -2.12. The molecule has 5 nitrogen and oxygen atoms in total. The molecule has 0 aromatic heterocycles. The second-order valence-corrected chi connectivity index (χ2v) is 3.17. The molecular weight excluding hydrogens is 259 g/mol. The molecule has 0 radical (unpaired) electrons. The number of hydrogen-bond acceptors (Lipinski definition) is 3. The molecule has 7 heteroatoms. The van der Waals surface area contributed by atoms with Crippen LogP contribution in [-0.4, -0.2) is 10.8 Å². The number of nitrogens with zero attached hydrogens (tertiary/aromatic N) is 1. The molecule has 0 saturated carbocycles. The van der Waals surface area contributed by atoms with Crippen molar-refractivity contribution < 1.29 is 14.1 Å². The van der Waals surface area contributed by atoms with Crippen LogP contribution in [0.3, 0.4) is 0 Å². The molecule has 0 aliphatic rings. The highest BCUT2D eigenvalue weighted by Crippen LogP contribution is 2.30. The number of primary amides is 1. The molecule has 74 valence electrons. The Balaban J connectivity index is 3.49. The van der Waals surface area contributed by atoms with E-state index in [0.717, 1.165) is 12.1 Å². The normalized spacial score (nSPS) is 9.86. The lowest BCUT2D eigenvalue weighted by Gasteiger charge is -2.01. The van der Waals surface area contributed by atoms with Crippen LogP contribution in [0.5, 0.6) is 0 Å². The minimum absolute atomic E-state index is 0.127. The van der Waals surface area contributed by atoms with Gasteiger partial charge in [0.15, 0.2) is 0 Å². The Morgan fingerprint density at radius 2 is 2.14 bits per heavy atom. The van der Waals surface area contributed by atoms with Crippen molar-refractivity contribution in [3.63, 3.8) is 0 Å². The number of rotatable bonds is 2. The van der Waals surface area contributed by atoms with E-state index < -0.39 is 22.3 Å². The summed E-state index contributed by atoms with van der Waals surface area (Å²) in [6.45, 7) is 0. The molecule has 1 aromatic rings. The predicted octanol–water partition coefficient (Wildman–Crippen LogP) is 1.60. The zero-order chi connectivity index (χ0) is 10.9. The fourth-order valence-corrected chi connectivity index (χ4v) is 1.56. The predicted molar refractivity (Wildman–Crippen MR) is 49.3 cm³/mol. The van der Waals surface area contributed by atoms with Gasteiger partial charge in [0.25, 0.3) is 0 Å². The summed E-state index contributed by atoms with van der Waals surface area (Å²) in [6.07, 6.45) is 0. The van der Waals surface area contributed by atoms with E-state index >= 15 is 0 Å². The third-order valence-electron chi connectivity index (χ3n) is 1.51. The standard InChI is InChI=1S/C7H4BrFN2O3/c8-5-3(7(10)12)1-2-4(9)6(5)11(13)14/h1-2H,(H2,10,12). The molecule has 0 unspecified atom stereocenters. The van der Waals surface area contributed by atoms with Gasteiger partial charge in [0.1, 0.15) is 4.47 Å². The molecule has 0 aliphatic heterocycles. The summed E-state index contributed by atoms with van der Waals surface area (Å²) < 4.78 is 12.7. The molecular formula is C7H4BrFN2O3. The quantitative estimate of drug-likeness (QED) is 0.649. The molecule has 1 rings (SSSR count). The van der Waals surface area contributed by atoms with Crippen LogP contribution in [-0.2, 0) is 0 Å². The largest absolute Gasteiger partial charge is 0.366 e. The van der Waals surface area contributed by atoms with Crippen LogP contribution < -0.4 is 5.73 Å². The van der Waals surface area contributed by atoms with Crippen LogP contribution in [0.25, 0.3) is 0 Å². The summed E-state index contributed by atoms with van der Waals surface area (Å²) in [6, 6.07) is 1.90. The van der Waals surface area contributed by atoms with Crippen molar-refractivity contribution in [2.75, 3.05) is 0 Å². The van der Waals surface area contributed by atoms with Crippen LogP contribution in [0, 0.1) is 15.9 Å². The van der Waals surface area contributed by atoms with Crippen molar-refractivity contribution in [2.45, 2.75) is 0 Å². The Morgan fingerprint density at radius 3 is 2.57 bits per heavy atom. The molecule has 2 N–H and O–H groups in total. The first-order valence-corrected chi connectivity index (χ1v) is 4.16. The second-order valence-electron chi connectivity index (χ2n) is 2.38. The maximum Gasteiger partial charge on any atom is 0.319 e. The summed E-state index contributed by atoms with van der Waals surface area (Å²) in [5.74, 6) is -1.88. The van der Waals surface area contributed by atoms with Gasteiger partial charge in [0, 0.05) is 0 Å². The highest BCUT2D eigenvalue weighted by molar-refractivity contribution is 9.10. The van der Waals surface area contributed by atoms with Crippen LogP contribution in [0.2, 0.25) is 0 Å². The third kappa shape index (κ3) is 1.72. The van der Waals surface area contributed by atoms with E-state index in [9.17, 15) is 19.3 Å². The summed E-state index contributed by atoms with van der Waals surface area (Å²) in [4.78, 5) is 20.2. The van der Waals surface area contributed by atoms with Crippen LogP contribution in [0.1, 0.15) is 10.4 Å². The fraction of sp³-hybridized carbons (Fsp3) is 0. The highest BCUT2D eigenvalue weighted by Gasteiger charge is 2.23. The molecule has 0 spiro atoms. The minimum Gasteiger partial charge on any atom is -0.366 e. The monoisotopic (exact) mass is 262 g/mol. The average Bonchev–Trinajstić information content (AvgIpc) is 2.02. The first kappa shape index (κ1) is 10.6. The molecule has 0 aliphatic carbocycles.